The van der Waals surface area contributed by atoms with E-state index in [0.717, 1.165) is 43.4 Å². The van der Waals surface area contributed by atoms with Crippen LogP contribution in [0.3, 0.4) is 0 Å². The molecule has 0 aromatic carbocycles. The lowest BCUT2D eigenvalue weighted by molar-refractivity contribution is 0.708. The van der Waals surface area contributed by atoms with Crippen LogP contribution < -0.4 is 5.56 Å². The van der Waals surface area contributed by atoms with Gasteiger partial charge in [0.25, 0.3) is 5.56 Å². The molecule has 0 atom stereocenters. The van der Waals surface area contributed by atoms with Gasteiger partial charge in [-0.15, -0.1) is 0 Å². The SMILES string of the molecule is O=c1[nH]c(-c2cnccn2)nc2c1CCCCC2. The first kappa shape index (κ1) is 11.1. The Morgan fingerprint density at radius 3 is 2.83 bits per heavy atom. The van der Waals surface area contributed by atoms with E-state index in [9.17, 15) is 4.79 Å². The summed E-state index contributed by atoms with van der Waals surface area (Å²) >= 11 is 0. The van der Waals surface area contributed by atoms with Gasteiger partial charge in [0.15, 0.2) is 5.82 Å². The zero-order chi connectivity index (χ0) is 12.4. The number of H-pyrrole nitrogens is 1. The second-order valence-electron chi connectivity index (χ2n) is 4.49. The molecule has 2 aromatic heterocycles. The van der Waals surface area contributed by atoms with E-state index in [1.807, 2.05) is 0 Å². The number of hydrogen-bond acceptors (Lipinski definition) is 4. The van der Waals surface area contributed by atoms with Crippen molar-refractivity contribution in [3.8, 4) is 11.5 Å². The molecule has 1 N–H and O–H groups in total. The summed E-state index contributed by atoms with van der Waals surface area (Å²) in [5.41, 5.74) is 2.36. The molecule has 5 nitrogen and oxygen atoms in total. The molecule has 1 aliphatic carbocycles. The Balaban J connectivity index is 2.11. The molecule has 0 aliphatic heterocycles. The maximum absolute atomic E-state index is 12.1. The summed E-state index contributed by atoms with van der Waals surface area (Å²) in [6.07, 6.45) is 9.86. The number of aromatic amines is 1. The van der Waals surface area contributed by atoms with Crippen molar-refractivity contribution in [1.29, 1.82) is 0 Å². The standard InChI is InChI=1S/C13H14N4O/c18-13-9-4-2-1-3-5-10(9)16-12(17-13)11-8-14-6-7-15-11/h6-8H,1-5H2,(H,16,17,18). The van der Waals surface area contributed by atoms with Crippen LogP contribution in [0.2, 0.25) is 0 Å². The first-order valence-corrected chi connectivity index (χ1v) is 6.23. The molecule has 0 fully saturated rings. The lowest BCUT2D eigenvalue weighted by Gasteiger charge is -2.06. The minimum atomic E-state index is -0.0254. The third-order valence-corrected chi connectivity index (χ3v) is 3.25. The van der Waals surface area contributed by atoms with Crippen molar-refractivity contribution in [2.24, 2.45) is 0 Å². The molecule has 0 bridgehead atoms. The van der Waals surface area contributed by atoms with Crippen LogP contribution in [-0.2, 0) is 12.8 Å². The van der Waals surface area contributed by atoms with E-state index in [2.05, 4.69) is 19.9 Å². The maximum atomic E-state index is 12.1. The van der Waals surface area contributed by atoms with Crippen molar-refractivity contribution < 1.29 is 0 Å². The van der Waals surface area contributed by atoms with Gasteiger partial charge in [-0.05, 0) is 25.7 Å². The molecule has 2 heterocycles. The Morgan fingerprint density at radius 2 is 2.00 bits per heavy atom. The van der Waals surface area contributed by atoms with Crippen LogP contribution in [0, 0.1) is 0 Å². The molecule has 2 aromatic rings. The van der Waals surface area contributed by atoms with Gasteiger partial charge in [-0.2, -0.15) is 0 Å². The Labute approximate surface area is 104 Å². The van der Waals surface area contributed by atoms with Crippen molar-refractivity contribution >= 4 is 0 Å². The highest BCUT2D eigenvalue weighted by Crippen LogP contribution is 2.18. The number of hydrogen-bond donors (Lipinski definition) is 1. The van der Waals surface area contributed by atoms with Crippen LogP contribution in [-0.4, -0.2) is 19.9 Å². The Bertz CT molecular complexity index is 606. The summed E-state index contributed by atoms with van der Waals surface area (Å²) in [6, 6.07) is 0. The summed E-state index contributed by atoms with van der Waals surface area (Å²) in [5.74, 6) is 0.522. The molecule has 0 saturated heterocycles. The van der Waals surface area contributed by atoms with Crippen molar-refractivity contribution in [3.63, 3.8) is 0 Å². The molecule has 5 heteroatoms. The van der Waals surface area contributed by atoms with Gasteiger partial charge in [0.05, 0.1) is 11.9 Å². The summed E-state index contributed by atoms with van der Waals surface area (Å²) in [6.45, 7) is 0. The molecule has 1 aliphatic rings. The van der Waals surface area contributed by atoms with E-state index in [0.29, 0.717) is 11.5 Å². The number of aryl methyl sites for hydroxylation is 1. The molecule has 0 spiro atoms. The Kier molecular flexibility index (Phi) is 2.88. The van der Waals surface area contributed by atoms with Gasteiger partial charge in [-0.1, -0.05) is 6.42 Å². The Hall–Kier alpha value is -2.04. The van der Waals surface area contributed by atoms with Crippen molar-refractivity contribution in [1.82, 2.24) is 19.9 Å². The van der Waals surface area contributed by atoms with Gasteiger partial charge in [0.1, 0.15) is 5.69 Å². The predicted molar refractivity (Wildman–Crippen MR) is 67.1 cm³/mol. The smallest absolute Gasteiger partial charge is 0.254 e. The van der Waals surface area contributed by atoms with Gasteiger partial charge < -0.3 is 4.98 Å². The van der Waals surface area contributed by atoms with Gasteiger partial charge in [-0.3, -0.25) is 9.78 Å². The monoisotopic (exact) mass is 242 g/mol. The van der Waals surface area contributed by atoms with E-state index in [1.54, 1.807) is 18.6 Å². The van der Waals surface area contributed by atoms with Crippen molar-refractivity contribution in [2.45, 2.75) is 32.1 Å². The lowest BCUT2D eigenvalue weighted by Crippen LogP contribution is -2.18. The van der Waals surface area contributed by atoms with E-state index in [1.165, 1.54) is 0 Å². The zero-order valence-corrected chi connectivity index (χ0v) is 10.0. The summed E-state index contributed by atoms with van der Waals surface area (Å²) < 4.78 is 0. The number of fused-ring (bicyclic) bond motifs is 1. The fourth-order valence-electron chi connectivity index (χ4n) is 2.32. The van der Waals surface area contributed by atoms with Crippen LogP contribution in [0.15, 0.2) is 23.4 Å². The minimum Gasteiger partial charge on any atom is -0.305 e. The van der Waals surface area contributed by atoms with Gasteiger partial charge in [0, 0.05) is 18.0 Å². The number of nitrogens with one attached hydrogen (secondary N) is 1. The van der Waals surface area contributed by atoms with Crippen LogP contribution >= 0.6 is 0 Å². The highest BCUT2D eigenvalue weighted by atomic mass is 16.1. The highest BCUT2D eigenvalue weighted by molar-refractivity contribution is 5.47. The topological polar surface area (TPSA) is 71.5 Å². The molecular weight excluding hydrogens is 228 g/mol. The molecule has 3 rings (SSSR count). The minimum absolute atomic E-state index is 0.0254. The maximum Gasteiger partial charge on any atom is 0.254 e. The predicted octanol–water partition coefficient (Wildman–Crippen LogP) is 1.50. The molecule has 18 heavy (non-hydrogen) atoms. The summed E-state index contributed by atoms with van der Waals surface area (Å²) in [4.78, 5) is 27.6. The van der Waals surface area contributed by atoms with Gasteiger partial charge >= 0.3 is 0 Å². The van der Waals surface area contributed by atoms with Crippen LogP contribution in [0.5, 0.6) is 0 Å². The second kappa shape index (κ2) is 4.68. The van der Waals surface area contributed by atoms with Crippen LogP contribution in [0.4, 0.5) is 0 Å². The fraction of sp³-hybridized carbons (Fsp3) is 0.385. The van der Waals surface area contributed by atoms with Crippen molar-refractivity contribution in [2.75, 3.05) is 0 Å². The third kappa shape index (κ3) is 2.03. The van der Waals surface area contributed by atoms with Crippen LogP contribution in [0.25, 0.3) is 11.5 Å². The molecular formula is C13H14N4O. The zero-order valence-electron chi connectivity index (χ0n) is 10.0. The quantitative estimate of drug-likeness (QED) is 0.769. The first-order chi connectivity index (χ1) is 8.84. The molecule has 0 saturated carbocycles. The fourth-order valence-corrected chi connectivity index (χ4v) is 2.32. The molecule has 92 valence electrons. The largest absolute Gasteiger partial charge is 0.305 e. The molecule has 0 amide bonds. The van der Waals surface area contributed by atoms with Crippen LogP contribution in [0.1, 0.15) is 30.5 Å². The van der Waals surface area contributed by atoms with E-state index >= 15 is 0 Å². The first-order valence-electron chi connectivity index (χ1n) is 6.23. The van der Waals surface area contributed by atoms with Gasteiger partial charge in [0.2, 0.25) is 0 Å². The van der Waals surface area contributed by atoms with E-state index < -0.39 is 0 Å². The summed E-state index contributed by atoms with van der Waals surface area (Å²) in [5, 5.41) is 0. The number of rotatable bonds is 1. The third-order valence-electron chi connectivity index (χ3n) is 3.25. The van der Waals surface area contributed by atoms with Crippen molar-refractivity contribution in [3.05, 3.63) is 40.2 Å². The van der Waals surface area contributed by atoms with E-state index in [4.69, 9.17) is 0 Å². The second-order valence-corrected chi connectivity index (χ2v) is 4.49. The lowest BCUT2D eigenvalue weighted by atomic mass is 10.1. The molecule has 0 unspecified atom stereocenters. The average molecular weight is 242 g/mol. The van der Waals surface area contributed by atoms with E-state index in [-0.39, 0.29) is 5.56 Å². The number of nitrogens with zero attached hydrogens (tertiary/aromatic N) is 3. The van der Waals surface area contributed by atoms with Gasteiger partial charge in [-0.25, -0.2) is 9.97 Å². The molecule has 0 radical (unpaired) electrons. The normalized spacial score (nSPS) is 14.9. The average Bonchev–Trinajstić information content (AvgIpc) is 2.65. The Morgan fingerprint density at radius 1 is 1.11 bits per heavy atom. The summed E-state index contributed by atoms with van der Waals surface area (Å²) in [7, 11) is 0. The highest BCUT2D eigenvalue weighted by Gasteiger charge is 2.15. The number of aromatic nitrogens is 4.